The van der Waals surface area contributed by atoms with Crippen molar-refractivity contribution in [1.29, 1.82) is 0 Å². The standard InChI is InChI=1S/C6H12N2OS/c1-5-7-6(8(2)3)10(4)9/h5H,1H2,2-4H3/b7-6+. The Bertz CT molecular complexity index is 133. The van der Waals surface area contributed by atoms with Crippen LogP contribution in [0.3, 0.4) is 0 Å². The van der Waals surface area contributed by atoms with Crippen LogP contribution in [0.2, 0.25) is 0 Å². The van der Waals surface area contributed by atoms with E-state index in [0.717, 1.165) is 0 Å². The third-order valence-electron chi connectivity index (χ3n) is 0.841. The number of nitrogens with zero attached hydrogens (tertiary/aromatic N) is 2. The van der Waals surface area contributed by atoms with E-state index in [2.05, 4.69) is 11.6 Å². The van der Waals surface area contributed by atoms with E-state index < -0.39 is 11.2 Å². The first kappa shape index (κ1) is 9.52. The minimum Gasteiger partial charge on any atom is -0.609 e. The van der Waals surface area contributed by atoms with Crippen LogP contribution in [-0.2, 0) is 11.2 Å². The maximum Gasteiger partial charge on any atom is 0.318 e. The molecule has 1 atom stereocenters. The van der Waals surface area contributed by atoms with Gasteiger partial charge in [0.15, 0.2) is 0 Å². The second-order valence-electron chi connectivity index (χ2n) is 1.94. The maximum absolute atomic E-state index is 10.9. The Morgan fingerprint density at radius 1 is 1.70 bits per heavy atom. The van der Waals surface area contributed by atoms with Crippen molar-refractivity contribution in [2.75, 3.05) is 20.4 Å². The molecule has 0 spiro atoms. The number of aliphatic imine (C=N–C) groups is 1. The van der Waals surface area contributed by atoms with E-state index in [9.17, 15) is 4.55 Å². The van der Waals surface area contributed by atoms with Crippen LogP contribution in [0.5, 0.6) is 0 Å². The van der Waals surface area contributed by atoms with Crippen molar-refractivity contribution in [1.82, 2.24) is 4.90 Å². The average Bonchev–Trinajstić information content (AvgIpc) is 1.81. The Balaban J connectivity index is 4.26. The van der Waals surface area contributed by atoms with Crippen LogP contribution in [0.1, 0.15) is 0 Å². The fraction of sp³-hybridized carbons (Fsp3) is 0.500. The average molecular weight is 160 g/mol. The highest BCUT2D eigenvalue weighted by molar-refractivity contribution is 8.05. The molecule has 0 heterocycles. The zero-order valence-corrected chi connectivity index (χ0v) is 7.31. The zero-order valence-electron chi connectivity index (χ0n) is 6.50. The lowest BCUT2D eigenvalue weighted by molar-refractivity contribution is 0.590. The van der Waals surface area contributed by atoms with E-state index in [1.54, 1.807) is 25.3 Å². The lowest BCUT2D eigenvalue weighted by Crippen LogP contribution is -2.29. The normalized spacial score (nSPS) is 14.6. The Labute approximate surface area is 64.6 Å². The van der Waals surface area contributed by atoms with Gasteiger partial charge in [-0.15, -0.1) is 0 Å². The first-order valence-corrected chi connectivity index (χ1v) is 4.35. The van der Waals surface area contributed by atoms with Crippen LogP contribution >= 0.6 is 0 Å². The predicted octanol–water partition coefficient (Wildman–Crippen LogP) is 0.426. The fourth-order valence-electron chi connectivity index (χ4n) is 0.525. The fourth-order valence-corrected chi connectivity index (χ4v) is 1.26. The number of rotatable bonds is 1. The van der Waals surface area contributed by atoms with Crippen molar-refractivity contribution in [2.24, 2.45) is 4.99 Å². The minimum atomic E-state index is -1.03. The summed E-state index contributed by atoms with van der Waals surface area (Å²) >= 11 is -1.03. The van der Waals surface area contributed by atoms with Gasteiger partial charge in [0.1, 0.15) is 6.26 Å². The molecular formula is C6H12N2OS. The zero-order chi connectivity index (χ0) is 8.15. The lowest BCUT2D eigenvalue weighted by atomic mass is 10.9. The van der Waals surface area contributed by atoms with Crippen LogP contribution in [0, 0.1) is 0 Å². The number of hydrogen-bond acceptors (Lipinski definition) is 2. The van der Waals surface area contributed by atoms with E-state index in [4.69, 9.17) is 0 Å². The van der Waals surface area contributed by atoms with E-state index in [-0.39, 0.29) is 0 Å². The van der Waals surface area contributed by atoms with Crippen molar-refractivity contribution in [2.45, 2.75) is 0 Å². The molecule has 0 amide bonds. The third kappa shape index (κ3) is 2.89. The van der Waals surface area contributed by atoms with E-state index in [1.807, 2.05) is 0 Å². The summed E-state index contributed by atoms with van der Waals surface area (Å²) in [5.74, 6) is 0. The SMILES string of the molecule is C=C/N=C(\N(C)C)[S+](C)[O-]. The smallest absolute Gasteiger partial charge is 0.318 e. The number of amidine groups is 1. The van der Waals surface area contributed by atoms with Crippen molar-refractivity contribution in [3.63, 3.8) is 0 Å². The second-order valence-corrected chi connectivity index (χ2v) is 3.22. The van der Waals surface area contributed by atoms with Crippen LogP contribution in [-0.4, -0.2) is 35.0 Å². The van der Waals surface area contributed by atoms with Crippen LogP contribution in [0.25, 0.3) is 0 Å². The molecule has 3 nitrogen and oxygen atoms in total. The van der Waals surface area contributed by atoms with Gasteiger partial charge in [-0.1, -0.05) is 6.58 Å². The molecule has 0 aliphatic rings. The Morgan fingerprint density at radius 3 is 2.30 bits per heavy atom. The molecule has 0 rings (SSSR count). The maximum atomic E-state index is 10.9. The van der Waals surface area contributed by atoms with Gasteiger partial charge in [-0.05, 0) is 0 Å². The summed E-state index contributed by atoms with van der Waals surface area (Å²) in [6, 6.07) is 0. The van der Waals surface area contributed by atoms with Crippen molar-refractivity contribution < 1.29 is 4.55 Å². The molecule has 4 heteroatoms. The van der Waals surface area contributed by atoms with Gasteiger partial charge in [-0.25, -0.2) is 0 Å². The summed E-state index contributed by atoms with van der Waals surface area (Å²) in [7, 11) is 3.59. The van der Waals surface area contributed by atoms with Crippen LogP contribution < -0.4 is 0 Å². The van der Waals surface area contributed by atoms with Gasteiger partial charge in [0, 0.05) is 31.5 Å². The first-order valence-electron chi connectivity index (χ1n) is 2.79. The van der Waals surface area contributed by atoms with E-state index in [1.165, 1.54) is 6.20 Å². The molecule has 0 aromatic rings. The summed E-state index contributed by atoms with van der Waals surface area (Å²) in [5, 5.41) is 0.537. The number of hydrogen-bond donors (Lipinski definition) is 0. The summed E-state index contributed by atoms with van der Waals surface area (Å²) in [5.41, 5.74) is 0. The van der Waals surface area contributed by atoms with Gasteiger partial charge in [0.05, 0.1) is 0 Å². The summed E-state index contributed by atoms with van der Waals surface area (Å²) in [6.45, 7) is 3.42. The topological polar surface area (TPSA) is 38.7 Å². The van der Waals surface area contributed by atoms with E-state index in [0.29, 0.717) is 5.17 Å². The van der Waals surface area contributed by atoms with Gasteiger partial charge < -0.3 is 9.45 Å². The quantitative estimate of drug-likeness (QED) is 0.317. The molecule has 10 heavy (non-hydrogen) atoms. The van der Waals surface area contributed by atoms with Crippen LogP contribution in [0.15, 0.2) is 17.8 Å². The highest BCUT2D eigenvalue weighted by Gasteiger charge is 2.11. The van der Waals surface area contributed by atoms with Gasteiger partial charge >= 0.3 is 5.17 Å². The summed E-state index contributed by atoms with van der Waals surface area (Å²) in [6.07, 6.45) is 2.97. The van der Waals surface area contributed by atoms with Crippen LogP contribution in [0.4, 0.5) is 0 Å². The Morgan fingerprint density at radius 2 is 2.20 bits per heavy atom. The molecule has 0 aliphatic heterocycles. The molecule has 0 bridgehead atoms. The second kappa shape index (κ2) is 4.35. The molecular weight excluding hydrogens is 148 g/mol. The molecule has 0 aromatic heterocycles. The molecule has 0 N–H and O–H groups in total. The Hall–Kier alpha value is -0.480. The molecule has 0 aromatic carbocycles. The molecule has 1 unspecified atom stereocenters. The molecule has 58 valence electrons. The lowest BCUT2D eigenvalue weighted by Gasteiger charge is -2.13. The van der Waals surface area contributed by atoms with Crippen molar-refractivity contribution in [3.8, 4) is 0 Å². The molecule has 0 saturated carbocycles. The molecule has 0 aliphatic carbocycles. The van der Waals surface area contributed by atoms with Gasteiger partial charge in [-0.2, -0.15) is 4.99 Å². The Kier molecular flexibility index (Phi) is 4.14. The van der Waals surface area contributed by atoms with Crippen molar-refractivity contribution >= 4 is 16.3 Å². The first-order chi connectivity index (χ1) is 4.59. The predicted molar refractivity (Wildman–Crippen MR) is 45.4 cm³/mol. The molecule has 0 saturated heterocycles. The monoisotopic (exact) mass is 160 g/mol. The largest absolute Gasteiger partial charge is 0.609 e. The van der Waals surface area contributed by atoms with Gasteiger partial charge in [0.25, 0.3) is 0 Å². The van der Waals surface area contributed by atoms with Gasteiger partial charge in [0.2, 0.25) is 0 Å². The highest BCUT2D eigenvalue weighted by atomic mass is 32.2. The molecule has 0 fully saturated rings. The van der Waals surface area contributed by atoms with Gasteiger partial charge in [-0.3, -0.25) is 0 Å². The van der Waals surface area contributed by atoms with E-state index >= 15 is 0 Å². The third-order valence-corrected chi connectivity index (χ3v) is 1.83. The highest BCUT2D eigenvalue weighted by Crippen LogP contribution is 1.93. The summed E-state index contributed by atoms with van der Waals surface area (Å²) < 4.78 is 10.9. The van der Waals surface area contributed by atoms with Crippen molar-refractivity contribution in [3.05, 3.63) is 12.8 Å². The molecule has 0 radical (unpaired) electrons. The minimum absolute atomic E-state index is 0.537. The summed E-state index contributed by atoms with van der Waals surface area (Å²) in [4.78, 5) is 5.54.